The summed E-state index contributed by atoms with van der Waals surface area (Å²) in [5.74, 6) is -0.507. The van der Waals surface area contributed by atoms with Gasteiger partial charge in [0.05, 0.1) is 5.69 Å². The number of hydrogen-bond acceptors (Lipinski definition) is 2. The number of hydrogen-bond donors (Lipinski definition) is 0. The fourth-order valence-electron chi connectivity index (χ4n) is 3.82. The number of likely N-dealkylation sites (N-methyl/N-ethyl adjacent to an activating group) is 1. The predicted octanol–water partition coefficient (Wildman–Crippen LogP) is 4.48. The second-order valence-electron chi connectivity index (χ2n) is 7.54. The maximum atomic E-state index is 13.5. The Labute approximate surface area is 164 Å². The maximum absolute atomic E-state index is 13.5. The van der Waals surface area contributed by atoms with Crippen LogP contribution in [-0.2, 0) is 6.54 Å². The van der Waals surface area contributed by atoms with Gasteiger partial charge in [-0.05, 0) is 79.7 Å². The third-order valence-corrected chi connectivity index (χ3v) is 5.57. The standard InChI is InChI=1S/C23H25F2N3/c1-17-19(16-27-13-11-26(2)12-14-27)15-23(18-3-5-20(24)6-4-18)28(17)22-9-7-21(25)8-10-22/h3-10,15H,11-14,16H2,1-2H3. The van der Waals surface area contributed by atoms with Crippen molar-refractivity contribution >= 4 is 0 Å². The molecule has 28 heavy (non-hydrogen) atoms. The smallest absolute Gasteiger partial charge is 0.123 e. The summed E-state index contributed by atoms with van der Waals surface area (Å²) in [6.45, 7) is 7.21. The van der Waals surface area contributed by atoms with E-state index in [1.54, 1.807) is 24.3 Å². The molecule has 0 radical (unpaired) electrons. The van der Waals surface area contributed by atoms with Crippen LogP contribution in [0.5, 0.6) is 0 Å². The molecule has 146 valence electrons. The van der Waals surface area contributed by atoms with Crippen molar-refractivity contribution in [3.05, 3.63) is 77.5 Å². The highest BCUT2D eigenvalue weighted by Crippen LogP contribution is 2.30. The quantitative estimate of drug-likeness (QED) is 0.660. The van der Waals surface area contributed by atoms with Crippen molar-refractivity contribution < 1.29 is 8.78 Å². The number of halogens is 2. The number of aromatic nitrogens is 1. The first-order valence-electron chi connectivity index (χ1n) is 9.65. The Morgan fingerprint density at radius 3 is 2.00 bits per heavy atom. The lowest BCUT2D eigenvalue weighted by Crippen LogP contribution is -2.43. The first-order chi connectivity index (χ1) is 13.5. The zero-order chi connectivity index (χ0) is 19.7. The van der Waals surface area contributed by atoms with Crippen LogP contribution in [0.1, 0.15) is 11.3 Å². The van der Waals surface area contributed by atoms with Crippen LogP contribution >= 0.6 is 0 Å². The molecule has 0 saturated carbocycles. The van der Waals surface area contributed by atoms with Gasteiger partial charge in [0.15, 0.2) is 0 Å². The van der Waals surface area contributed by atoms with Crippen LogP contribution in [0.2, 0.25) is 0 Å². The molecule has 1 aromatic heterocycles. The highest BCUT2D eigenvalue weighted by atomic mass is 19.1. The first kappa shape index (κ1) is 18.8. The average Bonchev–Trinajstić information content (AvgIpc) is 3.01. The summed E-state index contributed by atoms with van der Waals surface area (Å²) >= 11 is 0. The van der Waals surface area contributed by atoms with E-state index in [4.69, 9.17) is 0 Å². The van der Waals surface area contributed by atoms with E-state index < -0.39 is 0 Å². The molecule has 3 aromatic rings. The van der Waals surface area contributed by atoms with Crippen molar-refractivity contribution in [2.45, 2.75) is 13.5 Å². The molecular weight excluding hydrogens is 356 g/mol. The third-order valence-electron chi connectivity index (χ3n) is 5.57. The van der Waals surface area contributed by atoms with Gasteiger partial charge in [-0.15, -0.1) is 0 Å². The van der Waals surface area contributed by atoms with E-state index in [0.29, 0.717) is 0 Å². The number of piperazine rings is 1. The lowest BCUT2D eigenvalue weighted by Gasteiger charge is -2.32. The molecule has 5 heteroatoms. The maximum Gasteiger partial charge on any atom is 0.123 e. The predicted molar refractivity (Wildman–Crippen MR) is 109 cm³/mol. The molecule has 3 nitrogen and oxygen atoms in total. The Hall–Kier alpha value is -2.50. The van der Waals surface area contributed by atoms with Gasteiger partial charge < -0.3 is 9.47 Å². The largest absolute Gasteiger partial charge is 0.314 e. The van der Waals surface area contributed by atoms with Gasteiger partial charge in [0.2, 0.25) is 0 Å². The van der Waals surface area contributed by atoms with E-state index in [2.05, 4.69) is 34.4 Å². The summed E-state index contributed by atoms with van der Waals surface area (Å²) in [6.07, 6.45) is 0. The molecule has 1 aliphatic heterocycles. The van der Waals surface area contributed by atoms with Crippen LogP contribution in [0, 0.1) is 18.6 Å². The Morgan fingerprint density at radius 2 is 1.39 bits per heavy atom. The van der Waals surface area contributed by atoms with Crippen molar-refractivity contribution in [2.24, 2.45) is 0 Å². The Bertz CT molecular complexity index is 937. The lowest BCUT2D eigenvalue weighted by atomic mass is 10.1. The molecular formula is C23H25F2N3. The fraction of sp³-hybridized carbons (Fsp3) is 0.304. The van der Waals surface area contributed by atoms with E-state index in [-0.39, 0.29) is 11.6 Å². The van der Waals surface area contributed by atoms with Crippen LogP contribution in [0.25, 0.3) is 16.9 Å². The first-order valence-corrected chi connectivity index (χ1v) is 9.65. The van der Waals surface area contributed by atoms with Crippen LogP contribution in [0.15, 0.2) is 54.6 Å². The summed E-state index contributed by atoms with van der Waals surface area (Å²) in [7, 11) is 2.15. The van der Waals surface area contributed by atoms with Crippen LogP contribution < -0.4 is 0 Å². The molecule has 1 fully saturated rings. The molecule has 0 spiro atoms. The van der Waals surface area contributed by atoms with E-state index in [1.165, 1.54) is 29.8 Å². The normalized spacial score (nSPS) is 15.9. The molecule has 1 saturated heterocycles. The van der Waals surface area contributed by atoms with Crippen molar-refractivity contribution in [3.8, 4) is 16.9 Å². The summed E-state index contributed by atoms with van der Waals surface area (Å²) < 4.78 is 29.0. The highest BCUT2D eigenvalue weighted by Gasteiger charge is 2.19. The van der Waals surface area contributed by atoms with Gasteiger partial charge in [0.1, 0.15) is 11.6 Å². The minimum absolute atomic E-state index is 0.252. The monoisotopic (exact) mass is 381 g/mol. The zero-order valence-corrected chi connectivity index (χ0v) is 16.3. The Kier molecular flexibility index (Phi) is 5.29. The van der Waals surface area contributed by atoms with Crippen LogP contribution in [-0.4, -0.2) is 47.6 Å². The SMILES string of the molecule is Cc1c(CN2CCN(C)CC2)cc(-c2ccc(F)cc2)n1-c1ccc(F)cc1. The molecule has 0 aliphatic carbocycles. The number of benzene rings is 2. The highest BCUT2D eigenvalue weighted by molar-refractivity contribution is 5.66. The van der Waals surface area contributed by atoms with Crippen molar-refractivity contribution in [2.75, 3.05) is 33.2 Å². The van der Waals surface area contributed by atoms with Crippen LogP contribution in [0.3, 0.4) is 0 Å². The third kappa shape index (κ3) is 3.86. The van der Waals surface area contributed by atoms with Gasteiger partial charge in [-0.3, -0.25) is 4.90 Å². The lowest BCUT2D eigenvalue weighted by molar-refractivity contribution is 0.148. The van der Waals surface area contributed by atoms with Crippen molar-refractivity contribution in [1.29, 1.82) is 0 Å². The van der Waals surface area contributed by atoms with Crippen molar-refractivity contribution in [1.82, 2.24) is 14.4 Å². The Morgan fingerprint density at radius 1 is 0.821 bits per heavy atom. The van der Waals surface area contributed by atoms with Gasteiger partial charge in [-0.2, -0.15) is 0 Å². The van der Waals surface area contributed by atoms with E-state index in [9.17, 15) is 8.78 Å². The second kappa shape index (κ2) is 7.86. The van der Waals surface area contributed by atoms with Crippen molar-refractivity contribution in [3.63, 3.8) is 0 Å². The topological polar surface area (TPSA) is 11.4 Å². The molecule has 2 heterocycles. The minimum atomic E-state index is -0.255. The molecule has 0 N–H and O–H groups in total. The van der Waals surface area contributed by atoms with E-state index >= 15 is 0 Å². The molecule has 1 aliphatic rings. The zero-order valence-electron chi connectivity index (χ0n) is 16.3. The van der Waals surface area contributed by atoms with Crippen LogP contribution in [0.4, 0.5) is 8.78 Å². The van der Waals surface area contributed by atoms with Gasteiger partial charge in [0, 0.05) is 44.1 Å². The number of nitrogens with zero attached hydrogens (tertiary/aromatic N) is 3. The Balaban J connectivity index is 1.75. The van der Waals surface area contributed by atoms with Gasteiger partial charge in [-0.25, -0.2) is 8.78 Å². The fourth-order valence-corrected chi connectivity index (χ4v) is 3.82. The molecule has 0 amide bonds. The molecule has 2 aromatic carbocycles. The van der Waals surface area contributed by atoms with Gasteiger partial charge >= 0.3 is 0 Å². The molecule has 0 bridgehead atoms. The number of rotatable bonds is 4. The minimum Gasteiger partial charge on any atom is -0.314 e. The van der Waals surface area contributed by atoms with E-state index in [1.807, 2.05) is 0 Å². The summed E-state index contributed by atoms with van der Waals surface area (Å²) in [6, 6.07) is 15.3. The van der Waals surface area contributed by atoms with E-state index in [0.717, 1.165) is 55.4 Å². The summed E-state index contributed by atoms with van der Waals surface area (Å²) in [5, 5.41) is 0. The summed E-state index contributed by atoms with van der Waals surface area (Å²) in [5.41, 5.74) is 5.22. The molecule has 0 unspecified atom stereocenters. The summed E-state index contributed by atoms with van der Waals surface area (Å²) in [4.78, 5) is 4.81. The average molecular weight is 381 g/mol. The molecule has 0 atom stereocenters. The van der Waals surface area contributed by atoms with Gasteiger partial charge in [0.25, 0.3) is 0 Å². The second-order valence-corrected chi connectivity index (χ2v) is 7.54. The molecule has 4 rings (SSSR count). The van der Waals surface area contributed by atoms with Gasteiger partial charge in [-0.1, -0.05) is 0 Å².